The van der Waals surface area contributed by atoms with Gasteiger partial charge in [0.15, 0.2) is 5.03 Å². The van der Waals surface area contributed by atoms with Crippen molar-refractivity contribution in [2.45, 2.75) is 11.9 Å². The van der Waals surface area contributed by atoms with E-state index in [1.165, 1.54) is 12.3 Å². The molecular weight excluding hydrogens is 295 g/mol. The predicted octanol–water partition coefficient (Wildman–Crippen LogP) is 0.968. The number of aromatic amines is 1. The minimum atomic E-state index is -3.84. The number of benzene rings is 1. The third-order valence-corrected chi connectivity index (χ3v) is 3.80. The van der Waals surface area contributed by atoms with E-state index in [0.717, 1.165) is 12.1 Å². The molecule has 8 heteroatoms. The lowest BCUT2D eigenvalue weighted by molar-refractivity contribution is 0.598. The molecule has 110 valence electrons. The minimum absolute atomic E-state index is 0.0814. The van der Waals surface area contributed by atoms with E-state index in [2.05, 4.69) is 26.5 Å². The first kappa shape index (κ1) is 15.0. The minimum Gasteiger partial charge on any atom is -0.332 e. The van der Waals surface area contributed by atoms with Crippen molar-refractivity contribution in [1.82, 2.24) is 9.97 Å². The summed E-state index contributed by atoms with van der Waals surface area (Å²) < 4.78 is 39.9. The third-order valence-electron chi connectivity index (χ3n) is 2.52. The van der Waals surface area contributed by atoms with Crippen molar-refractivity contribution < 1.29 is 12.8 Å². The first-order valence-electron chi connectivity index (χ1n) is 5.95. The molecule has 0 amide bonds. The first-order valence-corrected chi connectivity index (χ1v) is 7.43. The first-order chi connectivity index (χ1) is 9.92. The van der Waals surface area contributed by atoms with Gasteiger partial charge in [0.25, 0.3) is 10.0 Å². The highest BCUT2D eigenvalue weighted by atomic mass is 32.2. The highest BCUT2D eigenvalue weighted by Crippen LogP contribution is 2.20. The molecule has 0 atom stereocenters. The van der Waals surface area contributed by atoms with Crippen LogP contribution in [-0.4, -0.2) is 24.9 Å². The molecule has 1 heterocycles. The van der Waals surface area contributed by atoms with E-state index in [-0.39, 0.29) is 22.8 Å². The molecule has 4 N–H and O–H groups in total. The Labute approximate surface area is 121 Å². The number of aromatic nitrogens is 2. The summed E-state index contributed by atoms with van der Waals surface area (Å²) in [7, 11) is -3.84. The molecule has 0 aliphatic carbocycles. The standard InChI is InChI=1S/C13H13FN4O2S/c1-9-16-8-13(17-9)21(19,20)18-12-5-4-11(14)7-10(12)3-2-6-15/h4-5,7-8,18H,6,15H2,1H3,(H,16,17). The van der Waals surface area contributed by atoms with Crippen molar-refractivity contribution in [3.8, 4) is 11.8 Å². The Morgan fingerprint density at radius 1 is 1.48 bits per heavy atom. The van der Waals surface area contributed by atoms with Gasteiger partial charge in [-0.1, -0.05) is 11.8 Å². The van der Waals surface area contributed by atoms with Crippen LogP contribution in [0.3, 0.4) is 0 Å². The van der Waals surface area contributed by atoms with Gasteiger partial charge in [0, 0.05) is 0 Å². The number of rotatable bonds is 3. The molecule has 2 aromatic rings. The maximum absolute atomic E-state index is 13.2. The maximum Gasteiger partial charge on any atom is 0.279 e. The van der Waals surface area contributed by atoms with Crippen LogP contribution < -0.4 is 10.5 Å². The van der Waals surface area contributed by atoms with Crippen LogP contribution in [-0.2, 0) is 10.0 Å². The predicted molar refractivity (Wildman–Crippen MR) is 76.5 cm³/mol. The normalized spacial score (nSPS) is 10.8. The second-order valence-electron chi connectivity index (χ2n) is 4.13. The molecule has 0 fully saturated rings. The van der Waals surface area contributed by atoms with Gasteiger partial charge in [-0.15, -0.1) is 0 Å². The third kappa shape index (κ3) is 3.59. The van der Waals surface area contributed by atoms with Gasteiger partial charge in [-0.05, 0) is 25.1 Å². The van der Waals surface area contributed by atoms with Crippen LogP contribution in [0.4, 0.5) is 10.1 Å². The fourth-order valence-corrected chi connectivity index (χ4v) is 2.64. The molecule has 0 unspecified atom stereocenters. The van der Waals surface area contributed by atoms with Gasteiger partial charge in [-0.2, -0.15) is 8.42 Å². The molecule has 0 spiro atoms. The van der Waals surface area contributed by atoms with E-state index >= 15 is 0 Å². The lowest BCUT2D eigenvalue weighted by Crippen LogP contribution is -2.14. The number of hydrogen-bond acceptors (Lipinski definition) is 4. The van der Waals surface area contributed by atoms with Gasteiger partial charge in [-0.25, -0.2) is 9.37 Å². The van der Waals surface area contributed by atoms with Crippen LogP contribution in [0.15, 0.2) is 29.4 Å². The SMILES string of the molecule is Cc1ncc(S(=O)(=O)Nc2ccc(F)cc2C#CCN)[nH]1. The zero-order chi connectivity index (χ0) is 15.5. The smallest absolute Gasteiger partial charge is 0.279 e. The number of aryl methyl sites for hydroxylation is 1. The summed E-state index contributed by atoms with van der Waals surface area (Å²) in [6.07, 6.45) is 1.20. The number of nitrogens with zero attached hydrogens (tertiary/aromatic N) is 1. The number of imidazole rings is 1. The molecule has 1 aromatic heterocycles. The van der Waals surface area contributed by atoms with Crippen molar-refractivity contribution in [2.75, 3.05) is 11.3 Å². The van der Waals surface area contributed by atoms with Crippen LogP contribution in [0.2, 0.25) is 0 Å². The van der Waals surface area contributed by atoms with E-state index in [1.54, 1.807) is 6.92 Å². The zero-order valence-electron chi connectivity index (χ0n) is 11.1. The van der Waals surface area contributed by atoms with Gasteiger partial charge in [0.05, 0.1) is 24.0 Å². The molecule has 0 aliphatic rings. The number of hydrogen-bond donors (Lipinski definition) is 3. The second kappa shape index (κ2) is 5.95. The van der Waals surface area contributed by atoms with E-state index < -0.39 is 15.8 Å². The molecule has 2 rings (SSSR count). The van der Waals surface area contributed by atoms with Crippen LogP contribution in [0, 0.1) is 24.6 Å². The van der Waals surface area contributed by atoms with Crippen molar-refractivity contribution in [1.29, 1.82) is 0 Å². The molecule has 0 saturated carbocycles. The highest BCUT2D eigenvalue weighted by molar-refractivity contribution is 7.92. The summed E-state index contributed by atoms with van der Waals surface area (Å²) in [6.45, 7) is 1.72. The maximum atomic E-state index is 13.2. The molecule has 0 bridgehead atoms. The Hall–Kier alpha value is -2.37. The Kier molecular flexibility index (Phi) is 4.26. The van der Waals surface area contributed by atoms with Crippen molar-refractivity contribution >= 4 is 15.7 Å². The van der Waals surface area contributed by atoms with Crippen LogP contribution in [0.1, 0.15) is 11.4 Å². The van der Waals surface area contributed by atoms with Crippen molar-refractivity contribution in [3.05, 3.63) is 41.6 Å². The largest absolute Gasteiger partial charge is 0.332 e. The number of nitrogens with one attached hydrogen (secondary N) is 2. The Morgan fingerprint density at radius 3 is 2.86 bits per heavy atom. The van der Waals surface area contributed by atoms with Crippen molar-refractivity contribution in [2.24, 2.45) is 5.73 Å². The lowest BCUT2D eigenvalue weighted by Gasteiger charge is -2.08. The second-order valence-corrected chi connectivity index (χ2v) is 5.78. The summed E-state index contributed by atoms with van der Waals surface area (Å²) in [5.41, 5.74) is 5.65. The number of sulfonamides is 1. The molecule has 6 nitrogen and oxygen atoms in total. The number of halogens is 1. The van der Waals surface area contributed by atoms with E-state index in [1.807, 2.05) is 0 Å². The van der Waals surface area contributed by atoms with Gasteiger partial charge in [0.1, 0.15) is 11.6 Å². The summed E-state index contributed by atoms with van der Waals surface area (Å²) in [6, 6.07) is 3.58. The summed E-state index contributed by atoms with van der Waals surface area (Å²) in [4.78, 5) is 6.45. The number of anilines is 1. The van der Waals surface area contributed by atoms with Gasteiger partial charge >= 0.3 is 0 Å². The quantitative estimate of drug-likeness (QED) is 0.735. The summed E-state index contributed by atoms with van der Waals surface area (Å²) in [5.74, 6) is 5.14. The van der Waals surface area contributed by atoms with E-state index in [0.29, 0.717) is 5.82 Å². The Bertz CT molecular complexity index is 818. The van der Waals surface area contributed by atoms with Gasteiger partial charge < -0.3 is 10.7 Å². The zero-order valence-corrected chi connectivity index (χ0v) is 12.0. The number of nitrogens with two attached hydrogens (primary N) is 1. The Balaban J connectivity index is 2.39. The van der Waals surface area contributed by atoms with Crippen LogP contribution in [0.25, 0.3) is 0 Å². The summed E-state index contributed by atoms with van der Waals surface area (Å²) >= 11 is 0. The van der Waals surface area contributed by atoms with Crippen molar-refractivity contribution in [3.63, 3.8) is 0 Å². The van der Waals surface area contributed by atoms with Gasteiger partial charge in [0.2, 0.25) is 0 Å². The van der Waals surface area contributed by atoms with E-state index in [4.69, 9.17) is 5.73 Å². The van der Waals surface area contributed by atoms with Crippen LogP contribution >= 0.6 is 0 Å². The average molecular weight is 308 g/mol. The molecular formula is C13H13FN4O2S. The lowest BCUT2D eigenvalue weighted by atomic mass is 10.2. The average Bonchev–Trinajstić information content (AvgIpc) is 2.86. The molecule has 0 aliphatic heterocycles. The Morgan fingerprint density at radius 2 is 2.24 bits per heavy atom. The molecule has 0 saturated heterocycles. The van der Waals surface area contributed by atoms with E-state index in [9.17, 15) is 12.8 Å². The summed E-state index contributed by atoms with van der Waals surface area (Å²) in [5, 5.41) is -0.0814. The topological polar surface area (TPSA) is 101 Å². The fourth-order valence-electron chi connectivity index (χ4n) is 1.59. The fraction of sp³-hybridized carbons (Fsp3) is 0.154. The molecule has 1 aromatic carbocycles. The highest BCUT2D eigenvalue weighted by Gasteiger charge is 2.18. The monoisotopic (exact) mass is 308 g/mol. The van der Waals surface area contributed by atoms with Crippen LogP contribution in [0.5, 0.6) is 0 Å². The molecule has 0 radical (unpaired) electrons. The molecule has 21 heavy (non-hydrogen) atoms. The number of H-pyrrole nitrogens is 1. The van der Waals surface area contributed by atoms with Gasteiger partial charge in [-0.3, -0.25) is 4.72 Å².